The number of rotatable bonds is 5. The summed E-state index contributed by atoms with van der Waals surface area (Å²) in [4.78, 5) is 10.7. The maximum Gasteiger partial charge on any atom is 0.131 e. The zero-order valence-corrected chi connectivity index (χ0v) is 21.5. The first-order valence-electron chi connectivity index (χ1n) is 11.7. The fourth-order valence-electron chi connectivity index (χ4n) is 3.88. The highest BCUT2D eigenvalue weighted by atomic mass is 19.1. The predicted octanol–water partition coefficient (Wildman–Crippen LogP) is 7.37. The van der Waals surface area contributed by atoms with Crippen LogP contribution in [-0.2, 0) is 19.4 Å². The monoisotopic (exact) mass is 491 g/mol. The molecule has 188 valence electrons. The van der Waals surface area contributed by atoms with Crippen LogP contribution in [0.4, 0.5) is 18.9 Å². The van der Waals surface area contributed by atoms with Gasteiger partial charge in [0.1, 0.15) is 11.6 Å². The quantitative estimate of drug-likeness (QED) is 0.349. The number of benzene rings is 2. The van der Waals surface area contributed by atoms with Crippen LogP contribution < -0.4 is 4.90 Å². The van der Waals surface area contributed by atoms with Crippen molar-refractivity contribution in [3.05, 3.63) is 99.9 Å². The normalized spacial score (nSPS) is 11.5. The van der Waals surface area contributed by atoms with Gasteiger partial charge in [-0.3, -0.25) is 9.37 Å². The van der Waals surface area contributed by atoms with Gasteiger partial charge in [-0.15, -0.1) is 12.3 Å². The van der Waals surface area contributed by atoms with E-state index >= 15 is 0 Å². The number of aryl methyl sites for hydroxylation is 2. The number of terminal acetylenes is 1. The highest BCUT2D eigenvalue weighted by Crippen LogP contribution is 2.33. The van der Waals surface area contributed by atoms with Crippen LogP contribution in [0.15, 0.2) is 54.2 Å². The second kappa shape index (κ2) is 13.3. The van der Waals surface area contributed by atoms with Gasteiger partial charge in [0.2, 0.25) is 0 Å². The van der Waals surface area contributed by atoms with Crippen molar-refractivity contribution in [2.75, 3.05) is 12.1 Å². The molecule has 0 unspecified atom stereocenters. The average molecular weight is 492 g/mol. The van der Waals surface area contributed by atoms with Crippen LogP contribution >= 0.6 is 0 Å². The topological polar surface area (TPSA) is 28.5 Å². The number of nitrogens with zero attached hydrogens (tertiary/aromatic N) is 3. The fourth-order valence-corrected chi connectivity index (χ4v) is 3.88. The van der Waals surface area contributed by atoms with Gasteiger partial charge in [0.25, 0.3) is 0 Å². The number of hydrogen-bond donors (Lipinski definition) is 0. The molecule has 1 aromatic heterocycles. The van der Waals surface area contributed by atoms with E-state index in [0.717, 1.165) is 33.6 Å². The average Bonchev–Trinajstić information content (AvgIpc) is 2.87. The van der Waals surface area contributed by atoms with Gasteiger partial charge in [-0.25, -0.2) is 13.8 Å². The summed E-state index contributed by atoms with van der Waals surface area (Å²) in [5.41, 5.74) is 6.93. The first kappa shape index (κ1) is 28.4. The summed E-state index contributed by atoms with van der Waals surface area (Å²) >= 11 is 0. The second-order valence-electron chi connectivity index (χ2n) is 8.04. The Labute approximate surface area is 212 Å². The number of alkyl halides is 1. The molecule has 0 fully saturated rings. The lowest BCUT2D eigenvalue weighted by Crippen LogP contribution is -2.25. The molecule has 3 aromatic rings. The van der Waals surface area contributed by atoms with E-state index in [4.69, 9.17) is 6.42 Å². The van der Waals surface area contributed by atoms with Crippen LogP contribution in [0.3, 0.4) is 0 Å². The number of anilines is 1. The molecule has 1 aliphatic rings. The van der Waals surface area contributed by atoms with Crippen molar-refractivity contribution in [3.63, 3.8) is 0 Å². The number of fused-ring (bicyclic) bond motifs is 1. The molecule has 4 rings (SSSR count). The van der Waals surface area contributed by atoms with Crippen LogP contribution in [-0.4, -0.2) is 18.5 Å². The molecule has 0 saturated heterocycles. The minimum absolute atomic E-state index is 0.0106. The Kier molecular flexibility index (Phi) is 10.5. The van der Waals surface area contributed by atoms with Gasteiger partial charge in [0, 0.05) is 35.9 Å². The third kappa shape index (κ3) is 6.63. The number of halogens is 3. The molecule has 2 aromatic carbocycles. The van der Waals surface area contributed by atoms with Gasteiger partial charge in [-0.2, -0.15) is 0 Å². The summed E-state index contributed by atoms with van der Waals surface area (Å²) in [6.45, 7) is 11.8. The van der Waals surface area contributed by atoms with Crippen molar-refractivity contribution in [2.45, 2.75) is 47.1 Å². The van der Waals surface area contributed by atoms with E-state index in [9.17, 15) is 13.2 Å². The van der Waals surface area contributed by atoms with Crippen LogP contribution in [0.25, 0.3) is 5.70 Å². The predicted molar refractivity (Wildman–Crippen MR) is 144 cm³/mol. The highest BCUT2D eigenvalue weighted by Gasteiger charge is 2.21. The maximum atomic E-state index is 14.4. The van der Waals surface area contributed by atoms with E-state index in [0.29, 0.717) is 31.3 Å². The Hall–Kier alpha value is -3.85. The molecule has 1 aliphatic heterocycles. The second-order valence-corrected chi connectivity index (χ2v) is 8.04. The summed E-state index contributed by atoms with van der Waals surface area (Å²) < 4.78 is 38.3. The molecule has 0 atom stereocenters. The van der Waals surface area contributed by atoms with Crippen LogP contribution in [0.1, 0.15) is 52.9 Å². The molecule has 6 heteroatoms. The molecular formula is C30H32F3N3. The molecule has 2 heterocycles. The Morgan fingerprint density at radius 1 is 1.00 bits per heavy atom. The standard InChI is InChI=1S/C27H23F2N3.C2H6.CH3F/c1-5-6-21-11-18(3)26(30-14-21)13-20-7-8-27-22(12-20)19(4)31-16-32(27)15-23-24(28)9-17(2)10-25(23)29;2*1-2/h1,7-12,14,16H,4,6,13,15H2,2-3H3;1-2H3;1H3. The lowest BCUT2D eigenvalue weighted by atomic mass is 9.99. The smallest absolute Gasteiger partial charge is 0.131 e. The Morgan fingerprint density at radius 2 is 1.67 bits per heavy atom. The Balaban J connectivity index is 0.00000109. The third-order valence-electron chi connectivity index (χ3n) is 5.57. The van der Waals surface area contributed by atoms with Gasteiger partial charge in [-0.1, -0.05) is 32.6 Å². The van der Waals surface area contributed by atoms with E-state index in [1.807, 2.05) is 45.2 Å². The lowest BCUT2D eigenvalue weighted by molar-refractivity contribution is 0.555. The number of aromatic nitrogens is 1. The van der Waals surface area contributed by atoms with Gasteiger partial charge in [0.15, 0.2) is 0 Å². The third-order valence-corrected chi connectivity index (χ3v) is 5.57. The van der Waals surface area contributed by atoms with Crippen molar-refractivity contribution in [2.24, 2.45) is 4.99 Å². The van der Waals surface area contributed by atoms with Gasteiger partial charge in [-0.05, 0) is 60.4 Å². The van der Waals surface area contributed by atoms with Crippen LogP contribution in [0.2, 0.25) is 0 Å². The summed E-state index contributed by atoms with van der Waals surface area (Å²) in [6, 6.07) is 10.7. The Morgan fingerprint density at radius 3 is 2.28 bits per heavy atom. The maximum absolute atomic E-state index is 14.4. The SMILES string of the molecule is C#CCc1cnc(Cc2ccc3c(c2)C(=C)N=CN3Cc2c(F)cc(C)cc2F)c(C)c1.CC.CF. The molecule has 0 spiro atoms. The van der Waals surface area contributed by atoms with E-state index in [2.05, 4.69) is 28.5 Å². The van der Waals surface area contributed by atoms with E-state index < -0.39 is 11.6 Å². The van der Waals surface area contributed by atoms with Crippen molar-refractivity contribution in [1.82, 2.24) is 4.98 Å². The molecule has 0 radical (unpaired) electrons. The molecule has 36 heavy (non-hydrogen) atoms. The van der Waals surface area contributed by atoms with Gasteiger partial charge in [0.05, 0.1) is 31.4 Å². The minimum Gasteiger partial charge on any atom is -0.327 e. The zero-order valence-electron chi connectivity index (χ0n) is 21.5. The molecule has 0 saturated carbocycles. The van der Waals surface area contributed by atoms with Crippen molar-refractivity contribution >= 4 is 17.7 Å². The molecule has 0 bridgehead atoms. The van der Waals surface area contributed by atoms with Crippen LogP contribution in [0, 0.1) is 37.8 Å². The number of hydrogen-bond acceptors (Lipinski definition) is 3. The fraction of sp³-hybridized carbons (Fsp3) is 0.267. The summed E-state index contributed by atoms with van der Waals surface area (Å²) in [5.74, 6) is 1.51. The first-order chi connectivity index (χ1) is 17.4. The van der Waals surface area contributed by atoms with E-state index in [1.54, 1.807) is 18.2 Å². The Bertz CT molecular complexity index is 1270. The molecular weight excluding hydrogens is 459 g/mol. The molecule has 0 N–H and O–H groups in total. The van der Waals surface area contributed by atoms with Crippen molar-refractivity contribution in [1.29, 1.82) is 0 Å². The lowest BCUT2D eigenvalue weighted by Gasteiger charge is -2.27. The van der Waals surface area contributed by atoms with E-state index in [-0.39, 0.29) is 12.1 Å². The van der Waals surface area contributed by atoms with Gasteiger partial charge < -0.3 is 4.90 Å². The largest absolute Gasteiger partial charge is 0.327 e. The highest BCUT2D eigenvalue weighted by molar-refractivity contribution is 5.94. The number of aliphatic imine (C=N–C) groups is 1. The summed E-state index contributed by atoms with van der Waals surface area (Å²) in [7, 11) is 0.500. The molecule has 0 aliphatic carbocycles. The minimum atomic E-state index is -0.562. The van der Waals surface area contributed by atoms with Crippen molar-refractivity contribution in [3.8, 4) is 12.3 Å². The van der Waals surface area contributed by atoms with Crippen molar-refractivity contribution < 1.29 is 13.2 Å². The zero-order chi connectivity index (χ0) is 26.8. The summed E-state index contributed by atoms with van der Waals surface area (Å²) in [5, 5.41) is 0. The molecule has 0 amide bonds. The summed E-state index contributed by atoms with van der Waals surface area (Å²) in [6.07, 6.45) is 9.98. The van der Waals surface area contributed by atoms with E-state index in [1.165, 1.54) is 12.1 Å². The van der Waals surface area contributed by atoms with Gasteiger partial charge >= 0.3 is 0 Å². The molecule has 3 nitrogen and oxygen atoms in total. The van der Waals surface area contributed by atoms with Crippen LogP contribution in [0.5, 0.6) is 0 Å². The first-order valence-corrected chi connectivity index (χ1v) is 11.7. The number of pyridine rings is 1.